The third-order valence-corrected chi connectivity index (χ3v) is 3.41. The van der Waals surface area contributed by atoms with Gasteiger partial charge in [0.2, 0.25) is 6.41 Å². The van der Waals surface area contributed by atoms with Gasteiger partial charge >= 0.3 is 11.8 Å². The molecule has 3 amide bonds. The SMILES string of the molecule is O=CN1CCC(NC(=O)C(=O)Nc2ccc(Cl)cn2)CC1. The van der Waals surface area contributed by atoms with Gasteiger partial charge in [-0.15, -0.1) is 0 Å². The Hall–Kier alpha value is -2.15. The summed E-state index contributed by atoms with van der Waals surface area (Å²) in [6.07, 6.45) is 3.44. The molecular weight excluding hydrogens is 296 g/mol. The summed E-state index contributed by atoms with van der Waals surface area (Å²) >= 11 is 5.68. The van der Waals surface area contributed by atoms with Gasteiger partial charge in [0, 0.05) is 25.3 Å². The fraction of sp³-hybridized carbons (Fsp3) is 0.385. The lowest BCUT2D eigenvalue weighted by molar-refractivity contribution is -0.136. The Morgan fingerprint density at radius 1 is 1.29 bits per heavy atom. The number of piperidine rings is 1. The third kappa shape index (κ3) is 4.42. The highest BCUT2D eigenvalue weighted by Crippen LogP contribution is 2.10. The van der Waals surface area contributed by atoms with Crippen LogP contribution in [-0.4, -0.2) is 47.2 Å². The molecule has 21 heavy (non-hydrogen) atoms. The number of rotatable bonds is 3. The molecule has 2 N–H and O–H groups in total. The van der Waals surface area contributed by atoms with Crippen LogP contribution in [0.25, 0.3) is 0 Å². The van der Waals surface area contributed by atoms with Gasteiger partial charge in [-0.05, 0) is 25.0 Å². The zero-order valence-corrected chi connectivity index (χ0v) is 12.0. The molecule has 2 rings (SSSR count). The molecule has 0 aromatic carbocycles. The van der Waals surface area contributed by atoms with E-state index in [2.05, 4.69) is 15.6 Å². The Bertz CT molecular complexity index is 527. The smallest absolute Gasteiger partial charge is 0.314 e. The van der Waals surface area contributed by atoms with Crippen LogP contribution in [-0.2, 0) is 14.4 Å². The molecule has 1 fully saturated rings. The van der Waals surface area contributed by atoms with Crippen molar-refractivity contribution >= 4 is 35.6 Å². The molecule has 1 aromatic rings. The first kappa shape index (κ1) is 15.2. The van der Waals surface area contributed by atoms with Crippen molar-refractivity contribution < 1.29 is 14.4 Å². The van der Waals surface area contributed by atoms with Gasteiger partial charge in [0.05, 0.1) is 5.02 Å². The summed E-state index contributed by atoms with van der Waals surface area (Å²) in [6, 6.07) is 2.98. The minimum atomic E-state index is -0.775. The second-order valence-corrected chi connectivity index (χ2v) is 5.14. The number of amides is 3. The summed E-state index contributed by atoms with van der Waals surface area (Å²) in [5.41, 5.74) is 0. The minimum absolute atomic E-state index is 0.0994. The number of nitrogens with one attached hydrogen (secondary N) is 2. The number of aromatic nitrogens is 1. The molecule has 0 bridgehead atoms. The average molecular weight is 311 g/mol. The molecule has 0 aliphatic carbocycles. The maximum Gasteiger partial charge on any atom is 0.314 e. The summed E-state index contributed by atoms with van der Waals surface area (Å²) in [7, 11) is 0. The highest BCUT2D eigenvalue weighted by Gasteiger charge is 2.22. The van der Waals surface area contributed by atoms with E-state index in [1.165, 1.54) is 12.3 Å². The van der Waals surface area contributed by atoms with Crippen molar-refractivity contribution in [3.63, 3.8) is 0 Å². The molecule has 7 nitrogen and oxygen atoms in total. The van der Waals surface area contributed by atoms with Crippen LogP contribution in [0.1, 0.15) is 12.8 Å². The van der Waals surface area contributed by atoms with E-state index in [1.54, 1.807) is 11.0 Å². The van der Waals surface area contributed by atoms with Crippen LogP contribution < -0.4 is 10.6 Å². The van der Waals surface area contributed by atoms with Crippen molar-refractivity contribution in [2.24, 2.45) is 0 Å². The normalized spacial score (nSPS) is 15.4. The first-order valence-corrected chi connectivity index (χ1v) is 6.89. The molecule has 0 radical (unpaired) electrons. The van der Waals surface area contributed by atoms with E-state index in [4.69, 9.17) is 11.6 Å². The van der Waals surface area contributed by atoms with Gasteiger partial charge in [-0.25, -0.2) is 4.98 Å². The molecule has 1 saturated heterocycles. The van der Waals surface area contributed by atoms with Crippen molar-refractivity contribution in [2.75, 3.05) is 18.4 Å². The first-order valence-electron chi connectivity index (χ1n) is 6.51. The number of likely N-dealkylation sites (tertiary alicyclic amines) is 1. The van der Waals surface area contributed by atoms with E-state index in [0.717, 1.165) is 6.41 Å². The van der Waals surface area contributed by atoms with Gasteiger partial charge in [-0.1, -0.05) is 11.6 Å². The van der Waals surface area contributed by atoms with Gasteiger partial charge in [0.1, 0.15) is 5.82 Å². The molecule has 0 unspecified atom stereocenters. The molecule has 112 valence electrons. The van der Waals surface area contributed by atoms with Gasteiger partial charge in [-0.2, -0.15) is 0 Å². The number of carbonyl (C=O) groups excluding carboxylic acids is 3. The topological polar surface area (TPSA) is 91.4 Å². The Morgan fingerprint density at radius 2 is 2.00 bits per heavy atom. The van der Waals surface area contributed by atoms with E-state index in [-0.39, 0.29) is 11.9 Å². The van der Waals surface area contributed by atoms with Gasteiger partial charge in [0.25, 0.3) is 0 Å². The molecule has 1 aliphatic rings. The number of anilines is 1. The van der Waals surface area contributed by atoms with Crippen molar-refractivity contribution in [1.82, 2.24) is 15.2 Å². The number of halogens is 1. The summed E-state index contributed by atoms with van der Waals surface area (Å²) in [6.45, 7) is 1.16. The van der Waals surface area contributed by atoms with E-state index in [9.17, 15) is 14.4 Å². The summed E-state index contributed by atoms with van der Waals surface area (Å²) < 4.78 is 0. The Kier molecular flexibility index (Phi) is 5.10. The average Bonchev–Trinajstić information content (AvgIpc) is 2.50. The van der Waals surface area contributed by atoms with Gasteiger partial charge in [-0.3, -0.25) is 14.4 Å². The lowest BCUT2D eigenvalue weighted by Gasteiger charge is -2.29. The monoisotopic (exact) mass is 310 g/mol. The van der Waals surface area contributed by atoms with Crippen LogP contribution in [0.15, 0.2) is 18.3 Å². The molecule has 8 heteroatoms. The molecular formula is C13H15ClN4O3. The van der Waals surface area contributed by atoms with Crippen molar-refractivity contribution in [3.8, 4) is 0 Å². The Labute approximate surface area is 126 Å². The van der Waals surface area contributed by atoms with Crippen LogP contribution >= 0.6 is 11.6 Å². The summed E-state index contributed by atoms with van der Waals surface area (Å²) in [5, 5.41) is 5.48. The van der Waals surface area contributed by atoms with Gasteiger partial charge < -0.3 is 15.5 Å². The zero-order chi connectivity index (χ0) is 15.2. The lowest BCUT2D eigenvalue weighted by Crippen LogP contribution is -2.47. The maximum absolute atomic E-state index is 11.8. The zero-order valence-electron chi connectivity index (χ0n) is 11.2. The van der Waals surface area contributed by atoms with Crippen molar-refractivity contribution in [2.45, 2.75) is 18.9 Å². The molecule has 0 atom stereocenters. The largest absolute Gasteiger partial charge is 0.345 e. The van der Waals surface area contributed by atoms with E-state index in [0.29, 0.717) is 31.0 Å². The van der Waals surface area contributed by atoms with E-state index in [1.807, 2.05) is 0 Å². The number of carbonyl (C=O) groups is 3. The Balaban J connectivity index is 1.81. The molecule has 2 heterocycles. The number of pyridine rings is 1. The predicted molar refractivity (Wildman–Crippen MR) is 76.7 cm³/mol. The summed E-state index contributed by atoms with van der Waals surface area (Å²) in [4.78, 5) is 39.6. The van der Waals surface area contributed by atoms with Crippen LogP contribution in [0.5, 0.6) is 0 Å². The van der Waals surface area contributed by atoms with E-state index < -0.39 is 11.8 Å². The highest BCUT2D eigenvalue weighted by atomic mass is 35.5. The predicted octanol–water partition coefficient (Wildman–Crippen LogP) is 0.410. The summed E-state index contributed by atoms with van der Waals surface area (Å²) in [5.74, 6) is -1.23. The molecule has 1 aromatic heterocycles. The Morgan fingerprint density at radius 3 is 2.57 bits per heavy atom. The second kappa shape index (κ2) is 7.03. The quantitative estimate of drug-likeness (QED) is 0.625. The molecule has 1 aliphatic heterocycles. The highest BCUT2D eigenvalue weighted by molar-refractivity contribution is 6.39. The number of nitrogens with zero attached hydrogens (tertiary/aromatic N) is 2. The maximum atomic E-state index is 11.8. The third-order valence-electron chi connectivity index (χ3n) is 3.19. The minimum Gasteiger partial charge on any atom is -0.345 e. The fourth-order valence-electron chi connectivity index (χ4n) is 2.02. The number of hydrogen-bond acceptors (Lipinski definition) is 4. The van der Waals surface area contributed by atoms with Crippen molar-refractivity contribution in [3.05, 3.63) is 23.4 Å². The number of hydrogen-bond donors (Lipinski definition) is 2. The van der Waals surface area contributed by atoms with Crippen molar-refractivity contribution in [1.29, 1.82) is 0 Å². The lowest BCUT2D eigenvalue weighted by atomic mass is 10.1. The molecule has 0 saturated carbocycles. The van der Waals surface area contributed by atoms with Crippen LogP contribution in [0.4, 0.5) is 5.82 Å². The second-order valence-electron chi connectivity index (χ2n) is 4.70. The van der Waals surface area contributed by atoms with Crippen LogP contribution in [0.3, 0.4) is 0 Å². The standard InChI is InChI=1S/C13H15ClN4O3/c14-9-1-2-11(15-7-9)17-13(21)12(20)16-10-3-5-18(8-19)6-4-10/h1-2,7-8,10H,3-6H2,(H,16,20)(H,15,17,21). The van der Waals surface area contributed by atoms with Crippen LogP contribution in [0, 0.1) is 0 Å². The van der Waals surface area contributed by atoms with Gasteiger partial charge in [0.15, 0.2) is 0 Å². The molecule has 0 spiro atoms. The van der Waals surface area contributed by atoms with Crippen LogP contribution in [0.2, 0.25) is 5.02 Å². The fourth-order valence-corrected chi connectivity index (χ4v) is 2.13. The van der Waals surface area contributed by atoms with E-state index >= 15 is 0 Å². The first-order chi connectivity index (χ1) is 10.1.